The van der Waals surface area contributed by atoms with Gasteiger partial charge in [-0.05, 0) is 25.7 Å². The number of alkyl carbamates (subject to hydrolysis) is 1. The predicted molar refractivity (Wildman–Crippen MR) is 108 cm³/mol. The maximum Gasteiger partial charge on any atom is 0.407 e. The van der Waals surface area contributed by atoms with Gasteiger partial charge in [0, 0.05) is 30.5 Å². The molecule has 2 aliphatic rings. The number of ether oxygens (including phenoxy) is 1. The molecule has 1 saturated heterocycles. The van der Waals surface area contributed by atoms with Crippen molar-refractivity contribution in [2.24, 2.45) is 0 Å². The summed E-state index contributed by atoms with van der Waals surface area (Å²) in [6.07, 6.45) is 3.85. The summed E-state index contributed by atoms with van der Waals surface area (Å²) in [5.74, 6) is 0. The van der Waals surface area contributed by atoms with Gasteiger partial charge in [0.05, 0.1) is 18.4 Å². The quantitative estimate of drug-likeness (QED) is 0.597. The van der Waals surface area contributed by atoms with Gasteiger partial charge >= 0.3 is 6.09 Å². The molecule has 1 aliphatic heterocycles. The van der Waals surface area contributed by atoms with Gasteiger partial charge in [0.25, 0.3) is 5.56 Å². The van der Waals surface area contributed by atoms with Crippen LogP contribution in [0.3, 0.4) is 0 Å². The van der Waals surface area contributed by atoms with E-state index in [9.17, 15) is 18.0 Å². The number of sulfonamides is 1. The van der Waals surface area contributed by atoms with Gasteiger partial charge in [0.15, 0.2) is 0 Å². The summed E-state index contributed by atoms with van der Waals surface area (Å²) in [4.78, 5) is 25.7. The van der Waals surface area contributed by atoms with Crippen molar-refractivity contribution in [3.8, 4) is 0 Å². The molecule has 1 aliphatic carbocycles. The Morgan fingerprint density at radius 1 is 1.31 bits per heavy atom. The van der Waals surface area contributed by atoms with Gasteiger partial charge in [-0.3, -0.25) is 4.79 Å². The molecule has 0 radical (unpaired) electrons. The number of halogens is 1. The van der Waals surface area contributed by atoms with Crippen LogP contribution in [-0.4, -0.2) is 56.0 Å². The van der Waals surface area contributed by atoms with Crippen LogP contribution in [0, 0.1) is 0 Å². The first kappa shape index (κ1) is 21.6. The Kier molecular flexibility index (Phi) is 6.81. The number of nitrogens with one attached hydrogen (secondary N) is 3. The molecule has 1 aromatic heterocycles. The molecule has 1 amide bonds. The average Bonchev–Trinajstić information content (AvgIpc) is 3.13. The van der Waals surface area contributed by atoms with Gasteiger partial charge in [-0.15, -0.1) is 0 Å². The molecule has 12 heteroatoms. The molecule has 0 unspecified atom stereocenters. The Hall–Kier alpha value is -2.11. The maximum absolute atomic E-state index is 12.2. The van der Waals surface area contributed by atoms with Gasteiger partial charge in [-0.25, -0.2) is 23.0 Å². The second-order valence-corrected chi connectivity index (χ2v) is 9.22. The lowest BCUT2D eigenvalue weighted by atomic mass is 9.92. The van der Waals surface area contributed by atoms with Crippen LogP contribution < -0.4 is 20.5 Å². The zero-order chi connectivity index (χ0) is 21.0. The van der Waals surface area contributed by atoms with Crippen LogP contribution in [0.2, 0.25) is 5.02 Å². The van der Waals surface area contributed by atoms with Crippen molar-refractivity contribution in [1.29, 1.82) is 0 Å². The van der Waals surface area contributed by atoms with Crippen LogP contribution in [0.5, 0.6) is 0 Å². The van der Waals surface area contributed by atoms with Crippen molar-refractivity contribution in [1.82, 2.24) is 20.2 Å². The number of carbonyl (C=O) groups excluding carboxylic acids is 1. The van der Waals surface area contributed by atoms with E-state index in [1.165, 1.54) is 6.20 Å². The molecule has 10 nitrogen and oxygen atoms in total. The third-order valence-electron chi connectivity index (χ3n) is 5.14. The van der Waals surface area contributed by atoms with Gasteiger partial charge in [-0.1, -0.05) is 18.2 Å². The van der Waals surface area contributed by atoms with Crippen molar-refractivity contribution < 1.29 is 17.9 Å². The fourth-order valence-corrected chi connectivity index (χ4v) is 4.63. The maximum atomic E-state index is 12.2. The Balaban J connectivity index is 1.43. The summed E-state index contributed by atoms with van der Waals surface area (Å²) in [5.41, 5.74) is 0.0551. The van der Waals surface area contributed by atoms with Crippen molar-refractivity contribution in [3.63, 3.8) is 0 Å². The predicted octanol–water partition coefficient (Wildman–Crippen LogP) is 1.10. The molecule has 0 bridgehead atoms. The van der Waals surface area contributed by atoms with E-state index in [1.807, 2.05) is 4.90 Å². The van der Waals surface area contributed by atoms with E-state index in [2.05, 4.69) is 26.8 Å². The largest absolute Gasteiger partial charge is 0.444 e. The molecule has 1 atom stereocenters. The number of amides is 1. The first-order chi connectivity index (χ1) is 13.8. The third-order valence-corrected chi connectivity index (χ3v) is 6.60. The fourth-order valence-electron chi connectivity index (χ4n) is 3.63. The molecular formula is C17H24ClN5O5S. The number of carbonyl (C=O) groups is 1. The highest BCUT2D eigenvalue weighted by atomic mass is 35.5. The smallest absolute Gasteiger partial charge is 0.407 e. The number of rotatable bonds is 6. The van der Waals surface area contributed by atoms with Crippen molar-refractivity contribution >= 4 is 33.4 Å². The van der Waals surface area contributed by atoms with Crippen molar-refractivity contribution in [3.05, 3.63) is 33.6 Å². The molecule has 29 heavy (non-hydrogen) atoms. The molecule has 1 aromatic rings. The van der Waals surface area contributed by atoms with Crippen LogP contribution in [0.1, 0.15) is 32.1 Å². The van der Waals surface area contributed by atoms with Crippen LogP contribution in [0.25, 0.3) is 0 Å². The van der Waals surface area contributed by atoms with Gasteiger partial charge in [0.2, 0.25) is 10.0 Å². The standard InChI is InChI=1S/C17H24ClN5O5S/c1-2-29(26,27)22-12-5-3-11(4-6-12)20-17(25)28-13-7-8-23(10-13)14-9-19-21-16(24)15(14)18/h2,9,11-13,22H,1,3-8,10H2,(H,20,25)(H,21,24)/t11?,12?,13-/m1/s1. The summed E-state index contributed by atoms with van der Waals surface area (Å²) in [5, 5.41) is 9.83. The van der Waals surface area contributed by atoms with E-state index in [0.717, 1.165) is 5.41 Å². The zero-order valence-electron chi connectivity index (χ0n) is 15.8. The lowest BCUT2D eigenvalue weighted by molar-refractivity contribution is 0.102. The molecule has 1 saturated carbocycles. The van der Waals surface area contributed by atoms with Crippen LogP contribution in [0.15, 0.2) is 23.0 Å². The second-order valence-electron chi connectivity index (χ2n) is 7.18. The minimum Gasteiger partial charge on any atom is -0.444 e. The molecule has 0 spiro atoms. The second kappa shape index (κ2) is 9.14. The number of H-pyrrole nitrogens is 1. The minimum atomic E-state index is -3.45. The lowest BCUT2D eigenvalue weighted by Gasteiger charge is -2.29. The average molecular weight is 446 g/mol. The summed E-state index contributed by atoms with van der Waals surface area (Å²) >= 11 is 6.02. The number of aromatic nitrogens is 2. The number of hydrogen-bond donors (Lipinski definition) is 3. The van der Waals surface area contributed by atoms with E-state index in [0.29, 0.717) is 50.9 Å². The van der Waals surface area contributed by atoms with Gasteiger partial charge in [0.1, 0.15) is 11.1 Å². The lowest BCUT2D eigenvalue weighted by Crippen LogP contribution is -2.44. The van der Waals surface area contributed by atoms with Crippen molar-refractivity contribution in [2.75, 3.05) is 18.0 Å². The Morgan fingerprint density at radius 3 is 2.69 bits per heavy atom. The summed E-state index contributed by atoms with van der Waals surface area (Å²) < 4.78 is 31.1. The Labute approximate surface area is 173 Å². The highest BCUT2D eigenvalue weighted by Crippen LogP contribution is 2.26. The van der Waals surface area contributed by atoms with Gasteiger partial charge in [-0.2, -0.15) is 5.10 Å². The molecule has 2 fully saturated rings. The molecule has 3 rings (SSSR count). The molecular weight excluding hydrogens is 422 g/mol. The summed E-state index contributed by atoms with van der Waals surface area (Å²) in [6, 6.07) is -0.210. The van der Waals surface area contributed by atoms with E-state index >= 15 is 0 Å². The molecule has 0 aromatic carbocycles. The van der Waals surface area contributed by atoms with E-state index in [4.69, 9.17) is 16.3 Å². The SMILES string of the molecule is C=CS(=O)(=O)NC1CCC(NC(=O)O[C@@H]2CCN(c3cn[nH]c(=O)c3Cl)C2)CC1. The van der Waals surface area contributed by atoms with E-state index in [1.54, 1.807) is 0 Å². The van der Waals surface area contributed by atoms with Crippen LogP contribution >= 0.6 is 11.6 Å². The molecule has 3 N–H and O–H groups in total. The fraction of sp³-hybridized carbons (Fsp3) is 0.588. The number of hydrogen-bond acceptors (Lipinski definition) is 7. The highest BCUT2D eigenvalue weighted by Gasteiger charge is 2.30. The first-order valence-corrected chi connectivity index (χ1v) is 11.3. The minimum absolute atomic E-state index is 0.0594. The molecule has 2 heterocycles. The third kappa shape index (κ3) is 5.71. The number of aromatic amines is 1. The monoisotopic (exact) mass is 445 g/mol. The van der Waals surface area contributed by atoms with E-state index in [-0.39, 0.29) is 23.2 Å². The van der Waals surface area contributed by atoms with E-state index < -0.39 is 21.7 Å². The first-order valence-electron chi connectivity index (χ1n) is 9.37. The normalized spacial score (nSPS) is 24.9. The molecule has 160 valence electrons. The Morgan fingerprint density at radius 2 is 2.00 bits per heavy atom. The van der Waals surface area contributed by atoms with Gasteiger partial charge < -0.3 is 15.0 Å². The van der Waals surface area contributed by atoms with Crippen LogP contribution in [-0.2, 0) is 14.8 Å². The topological polar surface area (TPSA) is 133 Å². The Bertz CT molecular complexity index is 913. The summed E-state index contributed by atoms with van der Waals surface area (Å²) in [6.45, 7) is 4.30. The zero-order valence-corrected chi connectivity index (χ0v) is 17.3. The number of anilines is 1. The van der Waals surface area contributed by atoms with Crippen LogP contribution in [0.4, 0.5) is 10.5 Å². The van der Waals surface area contributed by atoms with Crippen molar-refractivity contribution in [2.45, 2.75) is 50.3 Å². The highest BCUT2D eigenvalue weighted by molar-refractivity contribution is 7.92. The summed E-state index contributed by atoms with van der Waals surface area (Å²) in [7, 11) is -3.45. The number of nitrogens with zero attached hydrogens (tertiary/aromatic N) is 2.